The fraction of sp³-hybridized carbons (Fsp3) is 0.167. The average Bonchev–Trinajstić information content (AvgIpc) is 3.00. The largest absolute Gasteiger partial charge is 0.351 e. The SMILES string of the molecule is Cn1c(SCC(=O)NCc2ccccc2F)nnc1-c1ccccc1F. The molecule has 1 aromatic heterocycles. The number of nitrogens with one attached hydrogen (secondary N) is 1. The first kappa shape index (κ1) is 18.1. The third-order valence-corrected chi connectivity index (χ3v) is 4.74. The van der Waals surface area contributed by atoms with Crippen molar-refractivity contribution in [1.29, 1.82) is 0 Å². The summed E-state index contributed by atoms with van der Waals surface area (Å²) in [7, 11) is 1.71. The predicted molar refractivity (Wildman–Crippen MR) is 95.4 cm³/mol. The van der Waals surface area contributed by atoms with E-state index in [4.69, 9.17) is 0 Å². The van der Waals surface area contributed by atoms with E-state index in [-0.39, 0.29) is 29.8 Å². The maximum Gasteiger partial charge on any atom is 0.230 e. The Morgan fingerprint density at radius 1 is 1.08 bits per heavy atom. The van der Waals surface area contributed by atoms with Crippen molar-refractivity contribution in [2.24, 2.45) is 7.05 Å². The molecular formula is C18H16F2N4OS. The van der Waals surface area contributed by atoms with Crippen LogP contribution in [0.25, 0.3) is 11.4 Å². The number of rotatable bonds is 6. The third kappa shape index (κ3) is 4.08. The van der Waals surface area contributed by atoms with Gasteiger partial charge in [0.1, 0.15) is 11.6 Å². The van der Waals surface area contributed by atoms with Crippen molar-refractivity contribution >= 4 is 17.7 Å². The summed E-state index contributed by atoms with van der Waals surface area (Å²) in [6.45, 7) is 0.116. The van der Waals surface area contributed by atoms with Crippen molar-refractivity contribution in [3.8, 4) is 11.4 Å². The number of aromatic nitrogens is 3. The summed E-state index contributed by atoms with van der Waals surface area (Å²) in [6.07, 6.45) is 0. The van der Waals surface area contributed by atoms with Crippen molar-refractivity contribution in [3.05, 3.63) is 65.7 Å². The summed E-state index contributed by atoms with van der Waals surface area (Å²) in [5.74, 6) is -0.519. The summed E-state index contributed by atoms with van der Waals surface area (Å²) in [5.41, 5.74) is 0.768. The Labute approximate surface area is 153 Å². The van der Waals surface area contributed by atoms with Gasteiger partial charge in [0, 0.05) is 19.2 Å². The molecule has 0 spiro atoms. The number of hydrogen-bond acceptors (Lipinski definition) is 4. The number of carbonyl (C=O) groups excluding carboxylic acids is 1. The Kier molecular flexibility index (Phi) is 5.62. The van der Waals surface area contributed by atoms with Crippen LogP contribution in [0.1, 0.15) is 5.56 Å². The Bertz CT molecular complexity index is 929. The molecule has 8 heteroatoms. The van der Waals surface area contributed by atoms with Gasteiger partial charge in [0.25, 0.3) is 0 Å². The van der Waals surface area contributed by atoms with Gasteiger partial charge < -0.3 is 9.88 Å². The normalized spacial score (nSPS) is 10.7. The van der Waals surface area contributed by atoms with E-state index >= 15 is 0 Å². The van der Waals surface area contributed by atoms with E-state index in [2.05, 4.69) is 15.5 Å². The summed E-state index contributed by atoms with van der Waals surface area (Å²) in [6, 6.07) is 12.6. The van der Waals surface area contributed by atoms with Crippen molar-refractivity contribution in [2.45, 2.75) is 11.7 Å². The molecule has 134 valence electrons. The lowest BCUT2D eigenvalue weighted by atomic mass is 10.2. The Balaban J connectivity index is 1.59. The Morgan fingerprint density at radius 2 is 1.77 bits per heavy atom. The minimum Gasteiger partial charge on any atom is -0.351 e. The molecule has 0 aliphatic carbocycles. The summed E-state index contributed by atoms with van der Waals surface area (Å²) in [4.78, 5) is 12.0. The van der Waals surface area contributed by atoms with E-state index in [0.29, 0.717) is 22.1 Å². The molecule has 5 nitrogen and oxygen atoms in total. The molecule has 3 rings (SSSR count). The zero-order valence-electron chi connectivity index (χ0n) is 13.9. The maximum absolute atomic E-state index is 13.9. The molecule has 0 radical (unpaired) electrons. The van der Waals surface area contributed by atoms with Crippen LogP contribution in [-0.2, 0) is 18.4 Å². The number of thioether (sulfide) groups is 1. The average molecular weight is 374 g/mol. The fourth-order valence-corrected chi connectivity index (χ4v) is 3.08. The Hall–Kier alpha value is -2.74. The molecule has 0 aliphatic rings. The molecule has 0 saturated carbocycles. The summed E-state index contributed by atoms with van der Waals surface area (Å²) < 4.78 is 29.1. The first-order valence-electron chi connectivity index (χ1n) is 7.83. The second-order valence-electron chi connectivity index (χ2n) is 5.50. The number of halogens is 2. The van der Waals surface area contributed by atoms with Crippen LogP contribution < -0.4 is 5.32 Å². The number of carbonyl (C=O) groups is 1. The fourth-order valence-electron chi connectivity index (χ4n) is 2.33. The number of amides is 1. The summed E-state index contributed by atoms with van der Waals surface area (Å²) >= 11 is 1.18. The maximum atomic E-state index is 13.9. The van der Waals surface area contributed by atoms with Gasteiger partial charge >= 0.3 is 0 Å². The van der Waals surface area contributed by atoms with Crippen LogP contribution in [0.5, 0.6) is 0 Å². The first-order valence-corrected chi connectivity index (χ1v) is 8.82. The van der Waals surface area contributed by atoms with Crippen LogP contribution in [0.2, 0.25) is 0 Å². The molecule has 3 aromatic rings. The topological polar surface area (TPSA) is 59.8 Å². The van der Waals surface area contributed by atoms with Crippen LogP contribution in [0.3, 0.4) is 0 Å². The lowest BCUT2D eigenvalue weighted by molar-refractivity contribution is -0.118. The second kappa shape index (κ2) is 8.09. The smallest absolute Gasteiger partial charge is 0.230 e. The van der Waals surface area contributed by atoms with Crippen molar-refractivity contribution in [2.75, 3.05) is 5.75 Å². The third-order valence-electron chi connectivity index (χ3n) is 3.72. The van der Waals surface area contributed by atoms with Crippen LogP contribution in [0.15, 0.2) is 53.7 Å². The molecule has 1 heterocycles. The molecule has 0 unspecified atom stereocenters. The zero-order chi connectivity index (χ0) is 18.5. The van der Waals surface area contributed by atoms with E-state index in [9.17, 15) is 13.6 Å². The molecule has 0 bridgehead atoms. The van der Waals surface area contributed by atoms with Crippen molar-refractivity contribution in [3.63, 3.8) is 0 Å². The molecule has 0 atom stereocenters. The number of hydrogen-bond donors (Lipinski definition) is 1. The monoisotopic (exact) mass is 374 g/mol. The van der Waals surface area contributed by atoms with Crippen LogP contribution in [0, 0.1) is 11.6 Å². The number of nitrogens with zero attached hydrogens (tertiary/aromatic N) is 3. The highest BCUT2D eigenvalue weighted by atomic mass is 32.2. The predicted octanol–water partition coefficient (Wildman–Crippen LogP) is 3.17. The lowest BCUT2D eigenvalue weighted by Gasteiger charge is -2.07. The van der Waals surface area contributed by atoms with Gasteiger partial charge in [-0.1, -0.05) is 42.1 Å². The minimum atomic E-state index is -0.387. The van der Waals surface area contributed by atoms with Crippen molar-refractivity contribution < 1.29 is 13.6 Å². The minimum absolute atomic E-state index is 0.0949. The van der Waals surface area contributed by atoms with E-state index in [1.807, 2.05) is 0 Å². The van der Waals surface area contributed by atoms with Crippen LogP contribution >= 0.6 is 11.8 Å². The molecule has 2 aromatic carbocycles. The molecule has 0 aliphatic heterocycles. The van der Waals surface area contributed by atoms with Crippen molar-refractivity contribution in [1.82, 2.24) is 20.1 Å². The Morgan fingerprint density at radius 3 is 2.50 bits per heavy atom. The molecule has 0 saturated heterocycles. The highest BCUT2D eigenvalue weighted by Crippen LogP contribution is 2.24. The first-order chi connectivity index (χ1) is 12.6. The van der Waals surface area contributed by atoms with Gasteiger partial charge in [-0.15, -0.1) is 10.2 Å². The van der Waals surface area contributed by atoms with Gasteiger partial charge in [0.05, 0.1) is 11.3 Å². The molecule has 26 heavy (non-hydrogen) atoms. The number of benzene rings is 2. The molecule has 1 N–H and O–H groups in total. The zero-order valence-corrected chi connectivity index (χ0v) is 14.8. The standard InChI is InChI=1S/C18H16F2N4OS/c1-24-17(13-7-3-5-9-15(13)20)22-23-18(24)26-11-16(25)21-10-12-6-2-4-8-14(12)19/h2-9H,10-11H2,1H3,(H,21,25). The van der Waals surface area contributed by atoms with E-state index in [0.717, 1.165) is 0 Å². The van der Waals surface area contributed by atoms with Gasteiger partial charge in [-0.25, -0.2) is 8.78 Å². The molecule has 0 fully saturated rings. The highest BCUT2D eigenvalue weighted by molar-refractivity contribution is 7.99. The van der Waals surface area contributed by atoms with E-state index in [1.165, 1.54) is 23.9 Å². The van der Waals surface area contributed by atoms with Gasteiger partial charge in [-0.2, -0.15) is 0 Å². The lowest BCUT2D eigenvalue weighted by Crippen LogP contribution is -2.25. The van der Waals surface area contributed by atoms with Gasteiger partial charge in [0.15, 0.2) is 11.0 Å². The van der Waals surface area contributed by atoms with Gasteiger partial charge in [-0.05, 0) is 18.2 Å². The van der Waals surface area contributed by atoms with Gasteiger partial charge in [-0.3, -0.25) is 4.79 Å². The quantitative estimate of drug-likeness (QED) is 0.674. The highest BCUT2D eigenvalue weighted by Gasteiger charge is 2.15. The van der Waals surface area contributed by atoms with E-state index < -0.39 is 0 Å². The molecule has 1 amide bonds. The van der Waals surface area contributed by atoms with Gasteiger partial charge in [0.2, 0.25) is 5.91 Å². The second-order valence-corrected chi connectivity index (χ2v) is 6.44. The summed E-state index contributed by atoms with van der Waals surface area (Å²) in [5, 5.41) is 11.2. The van der Waals surface area contributed by atoms with Crippen LogP contribution in [-0.4, -0.2) is 26.4 Å². The molecular weight excluding hydrogens is 358 g/mol. The van der Waals surface area contributed by atoms with Crippen LogP contribution in [0.4, 0.5) is 8.78 Å². The van der Waals surface area contributed by atoms with E-state index in [1.54, 1.807) is 48.0 Å².